The van der Waals surface area contributed by atoms with Crippen molar-refractivity contribution in [2.24, 2.45) is 0 Å². The van der Waals surface area contributed by atoms with Crippen molar-refractivity contribution in [1.82, 2.24) is 9.80 Å². The minimum Gasteiger partial charge on any atom is -0.482 e. The van der Waals surface area contributed by atoms with Gasteiger partial charge in [0.05, 0.1) is 19.3 Å². The van der Waals surface area contributed by atoms with Gasteiger partial charge in [-0.25, -0.2) is 4.79 Å². The molecule has 2 aliphatic heterocycles. The highest BCUT2D eigenvalue weighted by atomic mass is 16.5. The quantitative estimate of drug-likeness (QED) is 0.776. The molecule has 2 saturated heterocycles. The van der Waals surface area contributed by atoms with Crippen LogP contribution in [0.3, 0.4) is 0 Å². The Morgan fingerprint density at radius 2 is 1.88 bits per heavy atom. The molecule has 0 saturated carbocycles. The standard InChI is InChI=1S/C19H28N2O5/c22-19(23)15-26-17-4-2-16(3-5-17)12-21-6-1-9-25-18(14-21)13-20-7-10-24-11-8-20/h2-5,18H,1,6-15H2,(H,22,23)/t18-/m1/s1. The van der Waals surface area contributed by atoms with Crippen molar-refractivity contribution in [3.05, 3.63) is 29.8 Å². The molecule has 144 valence electrons. The molecule has 7 heteroatoms. The molecule has 0 aromatic heterocycles. The molecule has 1 N–H and O–H groups in total. The molecule has 0 spiro atoms. The summed E-state index contributed by atoms with van der Waals surface area (Å²) >= 11 is 0. The average Bonchev–Trinajstić information content (AvgIpc) is 2.87. The van der Waals surface area contributed by atoms with E-state index in [9.17, 15) is 4.79 Å². The molecule has 0 bridgehead atoms. The van der Waals surface area contributed by atoms with Gasteiger partial charge < -0.3 is 19.3 Å². The molecule has 0 radical (unpaired) electrons. The highest BCUT2D eigenvalue weighted by molar-refractivity contribution is 5.68. The van der Waals surface area contributed by atoms with Crippen LogP contribution in [0, 0.1) is 0 Å². The van der Waals surface area contributed by atoms with Crippen molar-refractivity contribution in [2.45, 2.75) is 19.1 Å². The van der Waals surface area contributed by atoms with Crippen LogP contribution in [0.15, 0.2) is 24.3 Å². The van der Waals surface area contributed by atoms with Crippen LogP contribution >= 0.6 is 0 Å². The van der Waals surface area contributed by atoms with Gasteiger partial charge in [-0.15, -0.1) is 0 Å². The summed E-state index contributed by atoms with van der Waals surface area (Å²) in [4.78, 5) is 15.4. The van der Waals surface area contributed by atoms with Gasteiger partial charge in [-0.1, -0.05) is 12.1 Å². The second-order valence-corrected chi connectivity index (χ2v) is 6.82. The van der Waals surface area contributed by atoms with E-state index in [1.54, 1.807) is 0 Å². The summed E-state index contributed by atoms with van der Waals surface area (Å²) in [7, 11) is 0. The Morgan fingerprint density at radius 1 is 1.12 bits per heavy atom. The van der Waals surface area contributed by atoms with Crippen molar-refractivity contribution in [1.29, 1.82) is 0 Å². The second kappa shape index (κ2) is 9.87. The number of hydrogen-bond acceptors (Lipinski definition) is 6. The van der Waals surface area contributed by atoms with E-state index in [2.05, 4.69) is 9.80 Å². The predicted molar refractivity (Wildman–Crippen MR) is 96.5 cm³/mol. The van der Waals surface area contributed by atoms with E-state index in [1.165, 1.54) is 5.56 Å². The fourth-order valence-corrected chi connectivity index (χ4v) is 3.39. The smallest absolute Gasteiger partial charge is 0.341 e. The normalized spacial score (nSPS) is 22.7. The third-order valence-electron chi connectivity index (χ3n) is 4.69. The lowest BCUT2D eigenvalue weighted by Gasteiger charge is -2.31. The average molecular weight is 364 g/mol. The van der Waals surface area contributed by atoms with Crippen LogP contribution in [-0.2, 0) is 20.8 Å². The Hall–Kier alpha value is -1.67. The number of rotatable bonds is 7. The number of morpholine rings is 1. The SMILES string of the molecule is O=C(O)COc1ccc(CN2CCCO[C@H](CN3CCOCC3)C2)cc1. The van der Waals surface area contributed by atoms with Crippen molar-refractivity contribution in [3.63, 3.8) is 0 Å². The molecular weight excluding hydrogens is 336 g/mol. The Balaban J connectivity index is 1.50. The highest BCUT2D eigenvalue weighted by Gasteiger charge is 2.22. The lowest BCUT2D eigenvalue weighted by atomic mass is 10.2. The molecule has 0 amide bonds. The minimum atomic E-state index is -0.968. The van der Waals surface area contributed by atoms with Crippen LogP contribution < -0.4 is 4.74 Å². The first-order valence-corrected chi connectivity index (χ1v) is 9.26. The van der Waals surface area contributed by atoms with Crippen molar-refractivity contribution in [2.75, 3.05) is 59.2 Å². The number of carboxylic acids is 1. The zero-order valence-electron chi connectivity index (χ0n) is 15.1. The molecule has 26 heavy (non-hydrogen) atoms. The summed E-state index contributed by atoms with van der Waals surface area (Å²) < 4.78 is 16.7. The number of benzene rings is 1. The van der Waals surface area contributed by atoms with E-state index in [4.69, 9.17) is 19.3 Å². The molecule has 7 nitrogen and oxygen atoms in total. The van der Waals surface area contributed by atoms with Crippen molar-refractivity contribution >= 4 is 5.97 Å². The fraction of sp³-hybridized carbons (Fsp3) is 0.632. The molecule has 1 aromatic rings. The second-order valence-electron chi connectivity index (χ2n) is 6.82. The van der Waals surface area contributed by atoms with Gasteiger partial charge >= 0.3 is 5.97 Å². The van der Waals surface area contributed by atoms with E-state index in [0.717, 1.165) is 65.5 Å². The van der Waals surface area contributed by atoms with Crippen molar-refractivity contribution in [3.8, 4) is 5.75 Å². The van der Waals surface area contributed by atoms with Crippen LogP contribution in [0.1, 0.15) is 12.0 Å². The molecule has 2 heterocycles. The molecule has 1 atom stereocenters. The molecular formula is C19H28N2O5. The Labute approximate surface area is 154 Å². The number of nitrogens with zero attached hydrogens (tertiary/aromatic N) is 2. The Morgan fingerprint density at radius 3 is 2.62 bits per heavy atom. The van der Waals surface area contributed by atoms with Gasteiger partial charge in [0, 0.05) is 45.9 Å². The van der Waals surface area contributed by atoms with Gasteiger partial charge in [0.25, 0.3) is 0 Å². The first kappa shape index (κ1) is 19.1. The van der Waals surface area contributed by atoms with Crippen LogP contribution in [0.5, 0.6) is 5.75 Å². The number of carboxylic acid groups (broad SMARTS) is 1. The van der Waals surface area contributed by atoms with Gasteiger partial charge in [-0.3, -0.25) is 9.80 Å². The monoisotopic (exact) mass is 364 g/mol. The fourth-order valence-electron chi connectivity index (χ4n) is 3.39. The van der Waals surface area contributed by atoms with Crippen LogP contribution in [-0.4, -0.2) is 86.1 Å². The van der Waals surface area contributed by atoms with E-state index >= 15 is 0 Å². The lowest BCUT2D eigenvalue weighted by molar-refractivity contribution is -0.139. The van der Waals surface area contributed by atoms with E-state index in [1.807, 2.05) is 24.3 Å². The third-order valence-corrected chi connectivity index (χ3v) is 4.69. The predicted octanol–water partition coefficient (Wildman–Crippen LogP) is 1.07. The van der Waals surface area contributed by atoms with E-state index < -0.39 is 5.97 Å². The van der Waals surface area contributed by atoms with E-state index in [0.29, 0.717) is 5.75 Å². The van der Waals surface area contributed by atoms with Crippen LogP contribution in [0.2, 0.25) is 0 Å². The molecule has 2 fully saturated rings. The summed E-state index contributed by atoms with van der Waals surface area (Å²) in [6.45, 7) is 7.86. The lowest BCUT2D eigenvalue weighted by Crippen LogP contribution is -2.44. The maximum atomic E-state index is 10.6. The van der Waals surface area contributed by atoms with Gasteiger partial charge in [0.2, 0.25) is 0 Å². The number of carbonyl (C=O) groups is 1. The third kappa shape index (κ3) is 6.25. The van der Waals surface area contributed by atoms with Crippen molar-refractivity contribution < 1.29 is 24.1 Å². The Bertz CT molecular complexity index is 560. The van der Waals surface area contributed by atoms with Crippen LogP contribution in [0.4, 0.5) is 0 Å². The summed E-state index contributed by atoms with van der Waals surface area (Å²) in [5, 5.41) is 8.66. The highest BCUT2D eigenvalue weighted by Crippen LogP contribution is 2.16. The summed E-state index contributed by atoms with van der Waals surface area (Å²) in [5.41, 5.74) is 1.19. The summed E-state index contributed by atoms with van der Waals surface area (Å²) in [6, 6.07) is 7.66. The summed E-state index contributed by atoms with van der Waals surface area (Å²) in [6.07, 6.45) is 1.27. The maximum absolute atomic E-state index is 10.6. The van der Waals surface area contributed by atoms with E-state index in [-0.39, 0.29) is 12.7 Å². The van der Waals surface area contributed by atoms with Gasteiger partial charge in [-0.05, 0) is 24.1 Å². The minimum absolute atomic E-state index is 0.230. The molecule has 0 unspecified atom stereocenters. The molecule has 1 aromatic carbocycles. The topological polar surface area (TPSA) is 71.5 Å². The number of aliphatic carboxylic acids is 1. The first-order chi connectivity index (χ1) is 12.7. The molecule has 2 aliphatic rings. The zero-order chi connectivity index (χ0) is 18.2. The molecule has 0 aliphatic carbocycles. The van der Waals surface area contributed by atoms with Gasteiger partial charge in [-0.2, -0.15) is 0 Å². The molecule has 3 rings (SSSR count). The Kier molecular flexibility index (Phi) is 7.25. The number of ether oxygens (including phenoxy) is 3. The first-order valence-electron chi connectivity index (χ1n) is 9.26. The largest absolute Gasteiger partial charge is 0.482 e. The maximum Gasteiger partial charge on any atom is 0.341 e. The number of hydrogen-bond donors (Lipinski definition) is 1. The zero-order valence-corrected chi connectivity index (χ0v) is 15.1. The van der Waals surface area contributed by atoms with Crippen LogP contribution in [0.25, 0.3) is 0 Å². The van der Waals surface area contributed by atoms with Gasteiger partial charge in [0.15, 0.2) is 6.61 Å². The van der Waals surface area contributed by atoms with Gasteiger partial charge in [0.1, 0.15) is 5.75 Å². The summed E-state index contributed by atoms with van der Waals surface area (Å²) in [5.74, 6) is -0.384.